The highest BCUT2D eigenvalue weighted by Crippen LogP contribution is 2.59. The molecule has 0 spiro atoms. The summed E-state index contributed by atoms with van der Waals surface area (Å²) in [7, 11) is 0. The van der Waals surface area contributed by atoms with Crippen molar-refractivity contribution < 1.29 is 23.6 Å². The lowest BCUT2D eigenvalue weighted by atomic mass is 9.98. The number of pyridine rings is 1. The van der Waals surface area contributed by atoms with Crippen LogP contribution in [-0.4, -0.2) is 71.8 Å². The van der Waals surface area contributed by atoms with E-state index in [2.05, 4.69) is 46.6 Å². The Balaban J connectivity index is 1.30. The SMILES string of the molecule is CC(=O)c1nn2c3c(cc(-c4cnc(C)nc4)cc13)C/C=C\CCCC(=O)NC[C@@]13C[C@@H](C(=O)Nc4nc(Br)c(F)cc4C)N(C(=O)C2)[C@@H]1C3. The van der Waals surface area contributed by atoms with Gasteiger partial charge in [0.1, 0.15) is 34.5 Å². The molecule has 2 fully saturated rings. The van der Waals surface area contributed by atoms with Gasteiger partial charge >= 0.3 is 0 Å². The maximum atomic E-state index is 14.4. The van der Waals surface area contributed by atoms with Crippen molar-refractivity contribution in [2.45, 2.75) is 77.9 Å². The molecule has 2 aliphatic heterocycles. The molecule has 12 nitrogen and oxygen atoms in total. The van der Waals surface area contributed by atoms with E-state index >= 15 is 0 Å². The van der Waals surface area contributed by atoms with Gasteiger partial charge < -0.3 is 15.5 Å². The number of hydrogen-bond donors (Lipinski definition) is 2. The number of benzene rings is 1. The van der Waals surface area contributed by atoms with Gasteiger partial charge in [-0.3, -0.25) is 23.9 Å². The summed E-state index contributed by atoms with van der Waals surface area (Å²) in [5, 5.41) is 11.2. The highest BCUT2D eigenvalue weighted by Gasteiger charge is 2.67. The number of carbonyl (C=O) groups is 4. The van der Waals surface area contributed by atoms with Crippen molar-refractivity contribution in [3.8, 4) is 11.1 Å². The number of aromatic nitrogens is 5. The van der Waals surface area contributed by atoms with Crippen LogP contribution in [0.1, 0.15) is 66.5 Å². The van der Waals surface area contributed by atoms with Gasteiger partial charge in [-0.05, 0) is 96.8 Å². The Bertz CT molecular complexity index is 2100. The van der Waals surface area contributed by atoms with Crippen LogP contribution in [0.3, 0.4) is 0 Å². The standard InChI is InChI=1S/C36H36BrFN8O4/c1-19-10-26(38)33(37)42-34(19)43-35(50)27-13-36-14-28(36)46(27)30(49)17-45-32-22(8-6-4-5-7-9-29(48)41-18-36)11-23(24-15-39-21(3)40-16-24)12-25(32)31(44-45)20(2)47/h4,6,10-12,15-16,27-28H,5,7-9,13-14,17-18H2,1-3H3,(H,41,48)(H,42,43,50)/b6-4-/t27-,28+,36-/m0/s1. The van der Waals surface area contributed by atoms with Crippen molar-refractivity contribution in [1.29, 1.82) is 0 Å². The molecule has 14 heteroatoms. The molecule has 0 radical (unpaired) electrons. The van der Waals surface area contributed by atoms with Gasteiger partial charge in [0, 0.05) is 54.7 Å². The average molecular weight is 744 g/mol. The number of rotatable bonds is 4. The number of Topliss-reactive ketones (excluding diaryl/α,β-unsaturated/α-hetero) is 1. The molecule has 3 aromatic heterocycles. The summed E-state index contributed by atoms with van der Waals surface area (Å²) in [6.07, 6.45) is 10.7. The minimum atomic E-state index is -0.869. The van der Waals surface area contributed by atoms with Crippen molar-refractivity contribution >= 4 is 56.2 Å². The number of hydrogen-bond acceptors (Lipinski definition) is 8. The quantitative estimate of drug-likeness (QED) is 0.168. The van der Waals surface area contributed by atoms with Gasteiger partial charge in [-0.1, -0.05) is 12.2 Å². The van der Waals surface area contributed by atoms with Gasteiger partial charge in [0.15, 0.2) is 11.6 Å². The summed E-state index contributed by atoms with van der Waals surface area (Å²) in [5.41, 5.74) is 3.31. The first-order chi connectivity index (χ1) is 23.9. The van der Waals surface area contributed by atoms with Crippen LogP contribution in [0.4, 0.5) is 10.2 Å². The Hall–Kier alpha value is -4.85. The maximum absolute atomic E-state index is 14.4. The lowest BCUT2D eigenvalue weighted by Crippen LogP contribution is -2.47. The molecule has 2 N–H and O–H groups in total. The Morgan fingerprint density at radius 2 is 1.86 bits per heavy atom. The highest BCUT2D eigenvalue weighted by molar-refractivity contribution is 9.10. The summed E-state index contributed by atoms with van der Waals surface area (Å²) in [4.78, 5) is 68.6. The molecule has 0 unspecified atom stereocenters. The Morgan fingerprint density at radius 3 is 2.62 bits per heavy atom. The van der Waals surface area contributed by atoms with E-state index < -0.39 is 23.2 Å². The van der Waals surface area contributed by atoms with E-state index in [-0.39, 0.29) is 46.3 Å². The van der Waals surface area contributed by atoms with Crippen LogP contribution in [0.2, 0.25) is 0 Å². The Morgan fingerprint density at radius 1 is 1.08 bits per heavy atom. The van der Waals surface area contributed by atoms with Crippen LogP contribution in [0.25, 0.3) is 22.0 Å². The second-order valence-electron chi connectivity index (χ2n) is 13.5. The van der Waals surface area contributed by atoms with Gasteiger partial charge in [-0.25, -0.2) is 19.3 Å². The van der Waals surface area contributed by atoms with Crippen LogP contribution < -0.4 is 10.6 Å². The molecular formula is C36H36BrFN8O4. The minimum absolute atomic E-state index is 0.0384. The van der Waals surface area contributed by atoms with Crippen molar-refractivity contribution in [3.63, 3.8) is 0 Å². The molecule has 3 amide bonds. The molecule has 1 aliphatic carbocycles. The largest absolute Gasteiger partial charge is 0.355 e. The molecule has 1 saturated heterocycles. The van der Waals surface area contributed by atoms with E-state index in [1.165, 1.54) is 13.0 Å². The zero-order valence-electron chi connectivity index (χ0n) is 27.9. The first-order valence-corrected chi connectivity index (χ1v) is 17.4. The summed E-state index contributed by atoms with van der Waals surface area (Å²) in [5.74, 6) is -0.847. The molecular weight excluding hydrogens is 707 g/mol. The van der Waals surface area contributed by atoms with Gasteiger partial charge in [-0.2, -0.15) is 5.10 Å². The lowest BCUT2D eigenvalue weighted by Gasteiger charge is -2.27. The Kier molecular flexibility index (Phi) is 8.83. The number of anilines is 1. The third kappa shape index (κ3) is 6.32. The van der Waals surface area contributed by atoms with Crippen molar-refractivity contribution in [2.24, 2.45) is 5.41 Å². The number of amides is 3. The topological polar surface area (TPSA) is 152 Å². The average Bonchev–Trinajstić information content (AvgIpc) is 3.49. The van der Waals surface area contributed by atoms with Crippen LogP contribution in [0, 0.1) is 25.1 Å². The number of aryl methyl sites for hydroxylation is 2. The second-order valence-corrected chi connectivity index (χ2v) is 14.2. The van der Waals surface area contributed by atoms with E-state index in [4.69, 9.17) is 0 Å². The van der Waals surface area contributed by atoms with Crippen LogP contribution in [0.5, 0.6) is 0 Å². The second kappa shape index (κ2) is 13.1. The number of piperidine rings is 1. The van der Waals surface area contributed by atoms with Crippen LogP contribution in [-0.2, 0) is 27.3 Å². The fraction of sp³-hybridized carbons (Fsp3) is 0.389. The molecule has 2 bridgehead atoms. The fourth-order valence-electron chi connectivity index (χ4n) is 7.28. The van der Waals surface area contributed by atoms with Crippen molar-refractivity contribution in [2.75, 3.05) is 11.9 Å². The van der Waals surface area contributed by atoms with Crippen molar-refractivity contribution in [1.82, 2.24) is 34.9 Å². The van der Waals surface area contributed by atoms with E-state index in [1.807, 2.05) is 31.2 Å². The number of ketones is 1. The molecule has 4 aromatic rings. The summed E-state index contributed by atoms with van der Waals surface area (Å²) in [6.45, 7) is 5.02. The Labute approximate surface area is 296 Å². The first-order valence-electron chi connectivity index (χ1n) is 16.6. The minimum Gasteiger partial charge on any atom is -0.355 e. The van der Waals surface area contributed by atoms with E-state index in [9.17, 15) is 23.6 Å². The van der Waals surface area contributed by atoms with E-state index in [0.717, 1.165) is 16.7 Å². The maximum Gasteiger partial charge on any atom is 0.248 e. The summed E-state index contributed by atoms with van der Waals surface area (Å²) < 4.78 is 15.6. The number of nitrogens with one attached hydrogen (secondary N) is 2. The van der Waals surface area contributed by atoms with Crippen LogP contribution >= 0.6 is 15.9 Å². The third-order valence-electron chi connectivity index (χ3n) is 9.95. The van der Waals surface area contributed by atoms with Gasteiger partial charge in [0.2, 0.25) is 17.7 Å². The van der Waals surface area contributed by atoms with Crippen molar-refractivity contribution in [3.05, 3.63) is 75.8 Å². The molecule has 5 heterocycles. The van der Waals surface area contributed by atoms with E-state index in [0.29, 0.717) is 67.4 Å². The first kappa shape index (κ1) is 33.6. The predicted molar refractivity (Wildman–Crippen MR) is 187 cm³/mol. The highest BCUT2D eigenvalue weighted by atomic mass is 79.9. The predicted octanol–water partition coefficient (Wildman–Crippen LogP) is 5.01. The molecule has 258 valence electrons. The lowest BCUT2D eigenvalue weighted by molar-refractivity contribution is -0.138. The summed E-state index contributed by atoms with van der Waals surface area (Å²) in [6, 6.07) is 4.01. The van der Waals surface area contributed by atoms with Gasteiger partial charge in [0.05, 0.1) is 5.52 Å². The number of halogens is 2. The summed E-state index contributed by atoms with van der Waals surface area (Å²) >= 11 is 3.08. The monoisotopic (exact) mass is 742 g/mol. The number of allylic oxidation sites excluding steroid dienone is 2. The molecule has 3 atom stereocenters. The smallest absolute Gasteiger partial charge is 0.248 e. The fourth-order valence-corrected chi connectivity index (χ4v) is 7.57. The molecule has 7 rings (SSSR count). The molecule has 50 heavy (non-hydrogen) atoms. The van der Waals surface area contributed by atoms with Gasteiger partial charge in [-0.15, -0.1) is 0 Å². The van der Waals surface area contributed by atoms with E-state index in [1.54, 1.807) is 28.9 Å². The number of nitrogens with zero attached hydrogens (tertiary/aromatic N) is 6. The molecule has 3 aliphatic rings. The molecule has 1 saturated carbocycles. The van der Waals surface area contributed by atoms with Gasteiger partial charge in [0.25, 0.3) is 0 Å². The number of carbonyl (C=O) groups excluding carboxylic acids is 4. The normalized spacial score (nSPS) is 22.9. The third-order valence-corrected chi connectivity index (χ3v) is 10.5. The zero-order chi connectivity index (χ0) is 35.3. The molecule has 1 aromatic carbocycles. The van der Waals surface area contributed by atoms with Crippen LogP contribution in [0.15, 0.2) is 47.3 Å². The zero-order valence-corrected chi connectivity index (χ0v) is 29.5.